The molecule has 72 valence electrons. The summed E-state index contributed by atoms with van der Waals surface area (Å²) < 4.78 is 0. The highest BCUT2D eigenvalue weighted by atomic mass is 16.3. The highest BCUT2D eigenvalue weighted by molar-refractivity contribution is 5.29. The molecule has 1 nitrogen and oxygen atoms in total. The number of hydrogen-bond acceptors (Lipinski definition) is 1. The quantitative estimate of drug-likeness (QED) is 0.754. The van der Waals surface area contributed by atoms with Crippen LogP contribution in [0.5, 0.6) is 0 Å². The van der Waals surface area contributed by atoms with E-state index in [1.165, 1.54) is 11.1 Å². The van der Waals surface area contributed by atoms with E-state index in [-0.39, 0.29) is 6.61 Å². The summed E-state index contributed by atoms with van der Waals surface area (Å²) in [6.07, 6.45) is 0. The third-order valence-electron chi connectivity index (χ3n) is 2.82. The summed E-state index contributed by atoms with van der Waals surface area (Å²) in [4.78, 5) is 0. The minimum atomic E-state index is 0.259. The van der Waals surface area contributed by atoms with Crippen molar-refractivity contribution in [3.05, 3.63) is 35.4 Å². The van der Waals surface area contributed by atoms with E-state index in [4.69, 9.17) is 5.11 Å². The summed E-state index contributed by atoms with van der Waals surface area (Å²) in [6.45, 7) is 6.63. The fraction of sp³-hybridized carbons (Fsp3) is 0.500. The highest BCUT2D eigenvalue weighted by Crippen LogP contribution is 2.25. The van der Waals surface area contributed by atoms with Gasteiger partial charge in [0.1, 0.15) is 0 Å². The van der Waals surface area contributed by atoms with Crippen molar-refractivity contribution in [2.75, 3.05) is 6.61 Å². The van der Waals surface area contributed by atoms with E-state index in [2.05, 4.69) is 45.0 Å². The molecule has 0 aliphatic heterocycles. The van der Waals surface area contributed by atoms with Crippen LogP contribution in [0.25, 0.3) is 0 Å². The zero-order valence-corrected chi connectivity index (χ0v) is 8.62. The van der Waals surface area contributed by atoms with Crippen molar-refractivity contribution in [2.24, 2.45) is 5.92 Å². The highest BCUT2D eigenvalue weighted by Gasteiger charge is 2.14. The Hall–Kier alpha value is -0.820. The molecule has 0 spiro atoms. The van der Waals surface area contributed by atoms with Gasteiger partial charge in [0, 0.05) is 6.61 Å². The maximum Gasteiger partial charge on any atom is 0.0462 e. The van der Waals surface area contributed by atoms with Gasteiger partial charge in [-0.15, -0.1) is 0 Å². The minimum absolute atomic E-state index is 0.259. The zero-order chi connectivity index (χ0) is 9.84. The fourth-order valence-corrected chi connectivity index (χ4v) is 1.56. The number of benzene rings is 1. The molecule has 2 atom stereocenters. The van der Waals surface area contributed by atoms with Gasteiger partial charge in [-0.1, -0.05) is 38.1 Å². The molecular weight excluding hydrogens is 160 g/mol. The van der Waals surface area contributed by atoms with Gasteiger partial charge in [0.2, 0.25) is 0 Å². The second kappa shape index (κ2) is 4.43. The van der Waals surface area contributed by atoms with Crippen molar-refractivity contribution >= 4 is 0 Å². The molecule has 0 fully saturated rings. The molecule has 1 rings (SSSR count). The van der Waals surface area contributed by atoms with E-state index < -0.39 is 0 Å². The largest absolute Gasteiger partial charge is 0.396 e. The molecule has 1 aromatic carbocycles. The lowest BCUT2D eigenvalue weighted by molar-refractivity contribution is 0.220. The summed E-state index contributed by atoms with van der Waals surface area (Å²) in [6, 6.07) is 8.38. The van der Waals surface area contributed by atoms with Gasteiger partial charge in [0.05, 0.1) is 0 Å². The Morgan fingerprint density at radius 2 is 1.85 bits per heavy atom. The molecule has 0 saturated heterocycles. The Morgan fingerprint density at radius 1 is 1.23 bits per heavy atom. The van der Waals surface area contributed by atoms with E-state index in [0.29, 0.717) is 11.8 Å². The number of aryl methyl sites for hydroxylation is 1. The van der Waals surface area contributed by atoms with Gasteiger partial charge in [0.25, 0.3) is 0 Å². The third-order valence-corrected chi connectivity index (χ3v) is 2.82. The van der Waals surface area contributed by atoms with Crippen LogP contribution in [0.2, 0.25) is 0 Å². The number of rotatable bonds is 3. The van der Waals surface area contributed by atoms with Gasteiger partial charge >= 0.3 is 0 Å². The molecule has 13 heavy (non-hydrogen) atoms. The Labute approximate surface area is 80.4 Å². The normalized spacial score (nSPS) is 15.4. The number of aliphatic hydroxyl groups excluding tert-OH is 1. The molecule has 0 radical (unpaired) electrons. The maximum absolute atomic E-state index is 9.06. The molecule has 0 aliphatic rings. The van der Waals surface area contributed by atoms with Crippen LogP contribution in [-0.4, -0.2) is 11.7 Å². The molecule has 1 N–H and O–H groups in total. The van der Waals surface area contributed by atoms with Crippen LogP contribution < -0.4 is 0 Å². The van der Waals surface area contributed by atoms with Crippen molar-refractivity contribution < 1.29 is 5.11 Å². The molecule has 0 aliphatic carbocycles. The van der Waals surface area contributed by atoms with Crippen LogP contribution in [0, 0.1) is 12.8 Å². The first-order chi connectivity index (χ1) is 6.16. The minimum Gasteiger partial charge on any atom is -0.396 e. The molecule has 0 amide bonds. The first-order valence-electron chi connectivity index (χ1n) is 4.83. The smallest absolute Gasteiger partial charge is 0.0462 e. The van der Waals surface area contributed by atoms with E-state index in [1.54, 1.807) is 0 Å². The van der Waals surface area contributed by atoms with Crippen molar-refractivity contribution in [3.63, 3.8) is 0 Å². The van der Waals surface area contributed by atoms with Gasteiger partial charge in [-0.2, -0.15) is 0 Å². The topological polar surface area (TPSA) is 20.2 Å². The van der Waals surface area contributed by atoms with Crippen molar-refractivity contribution in [1.29, 1.82) is 0 Å². The monoisotopic (exact) mass is 178 g/mol. The average molecular weight is 178 g/mol. The summed E-state index contributed by atoms with van der Waals surface area (Å²) in [5.74, 6) is 0.771. The van der Waals surface area contributed by atoms with Crippen LogP contribution in [0.3, 0.4) is 0 Å². The molecule has 1 heteroatoms. The zero-order valence-electron chi connectivity index (χ0n) is 8.62. The van der Waals surface area contributed by atoms with Gasteiger partial charge < -0.3 is 5.11 Å². The van der Waals surface area contributed by atoms with Crippen molar-refractivity contribution in [2.45, 2.75) is 26.7 Å². The number of hydrogen-bond donors (Lipinski definition) is 1. The second-order valence-corrected chi connectivity index (χ2v) is 3.81. The van der Waals surface area contributed by atoms with E-state index in [1.807, 2.05) is 0 Å². The summed E-state index contributed by atoms with van der Waals surface area (Å²) >= 11 is 0. The summed E-state index contributed by atoms with van der Waals surface area (Å²) in [5, 5.41) is 9.06. The van der Waals surface area contributed by atoms with E-state index >= 15 is 0 Å². The first kappa shape index (κ1) is 10.3. The maximum atomic E-state index is 9.06. The van der Waals surface area contributed by atoms with Gasteiger partial charge in [-0.25, -0.2) is 0 Å². The Morgan fingerprint density at radius 3 is 2.38 bits per heavy atom. The standard InChI is InChI=1S/C12H18O/c1-9-6-4-5-7-12(9)11(3)10(2)8-13/h4-7,10-11,13H,8H2,1-3H3. The van der Waals surface area contributed by atoms with Crippen LogP contribution in [0.4, 0.5) is 0 Å². The molecular formula is C12H18O. The fourth-order valence-electron chi connectivity index (χ4n) is 1.56. The molecule has 2 unspecified atom stereocenters. The number of aliphatic hydroxyl groups is 1. The summed E-state index contributed by atoms with van der Waals surface area (Å²) in [7, 11) is 0. The van der Waals surface area contributed by atoms with Gasteiger partial charge in [-0.3, -0.25) is 0 Å². The second-order valence-electron chi connectivity index (χ2n) is 3.81. The molecule has 0 bridgehead atoms. The van der Waals surface area contributed by atoms with E-state index in [0.717, 1.165) is 0 Å². The van der Waals surface area contributed by atoms with Crippen molar-refractivity contribution in [3.8, 4) is 0 Å². The van der Waals surface area contributed by atoms with Crippen LogP contribution >= 0.6 is 0 Å². The Bertz CT molecular complexity index is 268. The third kappa shape index (κ3) is 2.31. The predicted octanol–water partition coefficient (Wildman–Crippen LogP) is 2.73. The van der Waals surface area contributed by atoms with Crippen LogP contribution in [0.1, 0.15) is 30.9 Å². The lowest BCUT2D eigenvalue weighted by atomic mass is 9.87. The van der Waals surface area contributed by atoms with Crippen LogP contribution in [0.15, 0.2) is 24.3 Å². The predicted molar refractivity (Wildman–Crippen MR) is 55.8 cm³/mol. The van der Waals surface area contributed by atoms with Gasteiger partial charge in [-0.05, 0) is 29.9 Å². The first-order valence-corrected chi connectivity index (χ1v) is 4.83. The lowest BCUT2D eigenvalue weighted by Crippen LogP contribution is -2.11. The molecule has 0 saturated carbocycles. The molecule has 0 aromatic heterocycles. The molecule has 1 aromatic rings. The van der Waals surface area contributed by atoms with Gasteiger partial charge in [0.15, 0.2) is 0 Å². The van der Waals surface area contributed by atoms with E-state index in [9.17, 15) is 0 Å². The SMILES string of the molecule is Cc1ccccc1C(C)C(C)CO. The summed E-state index contributed by atoms with van der Waals surface area (Å²) in [5.41, 5.74) is 2.67. The van der Waals surface area contributed by atoms with Crippen molar-refractivity contribution in [1.82, 2.24) is 0 Å². The van der Waals surface area contributed by atoms with Crippen LogP contribution in [-0.2, 0) is 0 Å². The average Bonchev–Trinajstić information content (AvgIpc) is 2.16. The molecule has 0 heterocycles. The lowest BCUT2D eigenvalue weighted by Gasteiger charge is -2.19. The Balaban J connectivity index is 2.88. The Kier molecular flexibility index (Phi) is 3.49.